The van der Waals surface area contributed by atoms with E-state index in [-0.39, 0.29) is 0 Å². The number of carbonyl (C=O) groups excluding carboxylic acids is 1. The number of allylic oxidation sites excluding steroid dienone is 3. The van der Waals surface area contributed by atoms with Crippen LogP contribution in [-0.4, -0.2) is 23.2 Å². The van der Waals surface area contributed by atoms with Crippen LogP contribution in [0.15, 0.2) is 39.7 Å². The van der Waals surface area contributed by atoms with Gasteiger partial charge in [-0.05, 0) is 25.5 Å². The van der Waals surface area contributed by atoms with Gasteiger partial charge in [0.2, 0.25) is 0 Å². The molecule has 0 spiro atoms. The third-order valence-electron chi connectivity index (χ3n) is 4.47. The molecule has 6 nitrogen and oxygen atoms in total. The van der Waals surface area contributed by atoms with Gasteiger partial charge in [0.15, 0.2) is 5.82 Å². The second-order valence-electron chi connectivity index (χ2n) is 6.14. The van der Waals surface area contributed by atoms with Crippen molar-refractivity contribution in [3.05, 3.63) is 62.5 Å². The average Bonchev–Trinajstić information content (AvgIpc) is 3.11. The first-order valence-corrected chi connectivity index (χ1v) is 9.18. The number of halogens is 2. The fourth-order valence-electron chi connectivity index (χ4n) is 3.22. The molecule has 142 valence electrons. The Morgan fingerprint density at radius 2 is 2.04 bits per heavy atom. The molecule has 0 aliphatic carbocycles. The Bertz CT molecular complexity index is 963. The largest absolute Gasteiger partial charge is 0.466 e. The zero-order chi connectivity index (χ0) is 19.7. The smallest absolute Gasteiger partial charge is 0.336 e. The van der Waals surface area contributed by atoms with Crippen molar-refractivity contribution in [1.29, 1.82) is 0 Å². The van der Waals surface area contributed by atoms with Crippen LogP contribution in [0.4, 0.5) is 0 Å². The molecular formula is C19H19Cl2N3O3. The molecule has 2 heterocycles. The molecule has 1 aromatic carbocycles. The molecule has 2 aromatic rings. The minimum absolute atomic E-state index is 0.326. The fraction of sp³-hybridized carbons (Fsp3) is 0.316. The number of aryl methyl sites for hydroxylation is 1. The lowest BCUT2D eigenvalue weighted by atomic mass is 9.80. The van der Waals surface area contributed by atoms with Crippen molar-refractivity contribution in [3.63, 3.8) is 0 Å². The van der Waals surface area contributed by atoms with Crippen LogP contribution in [-0.2, 0) is 16.0 Å². The SMILES string of the molecule is CCc1noc(C2=C(C)NC(C)=C(C(=O)OC)C2c2cccc(Cl)c2Cl)n1. The quantitative estimate of drug-likeness (QED) is 0.751. The maximum Gasteiger partial charge on any atom is 0.336 e. The monoisotopic (exact) mass is 407 g/mol. The van der Waals surface area contributed by atoms with Gasteiger partial charge in [-0.2, -0.15) is 4.98 Å². The third kappa shape index (κ3) is 3.47. The number of ether oxygens (including phenoxy) is 1. The van der Waals surface area contributed by atoms with Crippen LogP contribution in [0.3, 0.4) is 0 Å². The van der Waals surface area contributed by atoms with Gasteiger partial charge in [0.05, 0.1) is 28.6 Å². The Morgan fingerprint density at radius 3 is 2.67 bits per heavy atom. The van der Waals surface area contributed by atoms with E-state index in [1.807, 2.05) is 26.8 Å². The zero-order valence-electron chi connectivity index (χ0n) is 15.4. The van der Waals surface area contributed by atoms with Crippen LogP contribution in [0.2, 0.25) is 10.0 Å². The highest BCUT2D eigenvalue weighted by atomic mass is 35.5. The van der Waals surface area contributed by atoms with E-state index in [0.29, 0.717) is 50.6 Å². The fourth-order valence-corrected chi connectivity index (χ4v) is 3.64. The van der Waals surface area contributed by atoms with Gasteiger partial charge in [-0.25, -0.2) is 4.79 Å². The molecular weight excluding hydrogens is 389 g/mol. The van der Waals surface area contributed by atoms with Crippen LogP contribution >= 0.6 is 23.2 Å². The summed E-state index contributed by atoms with van der Waals surface area (Å²) in [5, 5.41) is 7.95. The number of methoxy groups -OCH3 is 1. The summed E-state index contributed by atoms with van der Waals surface area (Å²) in [5.41, 5.74) is 3.19. The number of dihydropyridines is 1. The van der Waals surface area contributed by atoms with E-state index in [2.05, 4.69) is 15.5 Å². The summed E-state index contributed by atoms with van der Waals surface area (Å²) in [6.45, 7) is 5.63. The molecule has 1 aliphatic heterocycles. The van der Waals surface area contributed by atoms with Crippen molar-refractivity contribution in [2.24, 2.45) is 0 Å². The van der Waals surface area contributed by atoms with Crippen molar-refractivity contribution in [1.82, 2.24) is 15.5 Å². The maximum atomic E-state index is 12.6. The lowest BCUT2D eigenvalue weighted by Gasteiger charge is -2.30. The Labute approximate surface area is 167 Å². The summed E-state index contributed by atoms with van der Waals surface area (Å²) in [5.74, 6) is -0.129. The summed E-state index contributed by atoms with van der Waals surface area (Å²) < 4.78 is 10.5. The van der Waals surface area contributed by atoms with Crippen LogP contribution in [0.25, 0.3) is 5.57 Å². The second-order valence-corrected chi connectivity index (χ2v) is 6.92. The van der Waals surface area contributed by atoms with E-state index in [9.17, 15) is 4.79 Å². The lowest BCUT2D eigenvalue weighted by molar-refractivity contribution is -0.136. The highest BCUT2D eigenvalue weighted by molar-refractivity contribution is 6.42. The molecule has 0 saturated carbocycles. The highest BCUT2D eigenvalue weighted by Crippen LogP contribution is 2.46. The predicted molar refractivity (Wildman–Crippen MR) is 103 cm³/mol. The standard InChI is InChI=1S/C19H19Cl2N3O3/c1-5-13-23-18(27-24-13)14-9(2)22-10(3)15(19(25)26-4)16(14)11-7-6-8-12(20)17(11)21/h6-8,16,22H,5H2,1-4H3. The molecule has 3 rings (SSSR count). The van der Waals surface area contributed by atoms with Crippen molar-refractivity contribution in [2.75, 3.05) is 7.11 Å². The van der Waals surface area contributed by atoms with Crippen molar-refractivity contribution < 1.29 is 14.1 Å². The molecule has 1 unspecified atom stereocenters. The molecule has 0 fully saturated rings. The minimum atomic E-state index is -0.560. The summed E-state index contributed by atoms with van der Waals surface area (Å²) in [6.07, 6.45) is 0.630. The maximum absolute atomic E-state index is 12.6. The van der Waals surface area contributed by atoms with Gasteiger partial charge in [-0.15, -0.1) is 0 Å². The molecule has 1 aliphatic rings. The van der Waals surface area contributed by atoms with Gasteiger partial charge in [0, 0.05) is 23.4 Å². The summed E-state index contributed by atoms with van der Waals surface area (Å²) >= 11 is 12.7. The number of esters is 1. The van der Waals surface area contributed by atoms with Gasteiger partial charge >= 0.3 is 5.97 Å². The average molecular weight is 408 g/mol. The topological polar surface area (TPSA) is 77.2 Å². The molecule has 1 atom stereocenters. The molecule has 27 heavy (non-hydrogen) atoms. The van der Waals surface area contributed by atoms with Crippen LogP contribution in [0.5, 0.6) is 0 Å². The van der Waals surface area contributed by atoms with Gasteiger partial charge in [-0.1, -0.05) is 47.4 Å². The van der Waals surface area contributed by atoms with E-state index < -0.39 is 11.9 Å². The first kappa shape index (κ1) is 19.5. The summed E-state index contributed by atoms with van der Waals surface area (Å²) in [6, 6.07) is 5.31. The Morgan fingerprint density at radius 1 is 1.30 bits per heavy atom. The molecule has 0 saturated heterocycles. The molecule has 1 aromatic heterocycles. The van der Waals surface area contributed by atoms with Crippen molar-refractivity contribution >= 4 is 34.7 Å². The number of nitrogens with zero attached hydrogens (tertiary/aromatic N) is 2. The Balaban J connectivity index is 2.28. The number of hydrogen-bond acceptors (Lipinski definition) is 6. The van der Waals surface area contributed by atoms with Crippen LogP contribution in [0.1, 0.15) is 44.0 Å². The molecule has 0 amide bonds. The summed E-state index contributed by atoms with van der Waals surface area (Å²) in [4.78, 5) is 17.1. The van der Waals surface area contributed by atoms with Gasteiger partial charge in [0.25, 0.3) is 5.89 Å². The van der Waals surface area contributed by atoms with Gasteiger partial charge in [-0.3, -0.25) is 0 Å². The van der Waals surface area contributed by atoms with Crippen molar-refractivity contribution in [2.45, 2.75) is 33.1 Å². The minimum Gasteiger partial charge on any atom is -0.466 e. The predicted octanol–water partition coefficient (Wildman–Crippen LogP) is 4.50. The molecule has 1 N–H and O–H groups in total. The van der Waals surface area contributed by atoms with E-state index in [1.54, 1.807) is 12.1 Å². The van der Waals surface area contributed by atoms with Gasteiger partial charge < -0.3 is 14.6 Å². The number of nitrogens with one attached hydrogen (secondary N) is 1. The van der Waals surface area contributed by atoms with Crippen molar-refractivity contribution in [3.8, 4) is 0 Å². The Hall–Kier alpha value is -2.31. The zero-order valence-corrected chi connectivity index (χ0v) is 16.9. The number of carbonyl (C=O) groups is 1. The van der Waals surface area contributed by atoms with Gasteiger partial charge in [0.1, 0.15) is 0 Å². The first-order chi connectivity index (χ1) is 12.9. The third-order valence-corrected chi connectivity index (χ3v) is 5.31. The van der Waals surface area contributed by atoms with Crippen LogP contribution in [0, 0.1) is 0 Å². The van der Waals surface area contributed by atoms with E-state index in [4.69, 9.17) is 32.5 Å². The van der Waals surface area contributed by atoms with E-state index in [0.717, 1.165) is 5.70 Å². The first-order valence-electron chi connectivity index (χ1n) is 8.42. The summed E-state index contributed by atoms with van der Waals surface area (Å²) in [7, 11) is 1.34. The number of rotatable bonds is 4. The Kier molecular flexibility index (Phi) is 5.58. The number of benzene rings is 1. The highest BCUT2D eigenvalue weighted by Gasteiger charge is 2.38. The molecule has 8 heteroatoms. The normalized spacial score (nSPS) is 17.2. The number of hydrogen-bond donors (Lipinski definition) is 1. The lowest BCUT2D eigenvalue weighted by Crippen LogP contribution is -2.28. The van der Waals surface area contributed by atoms with E-state index >= 15 is 0 Å². The van der Waals surface area contributed by atoms with Crippen LogP contribution < -0.4 is 5.32 Å². The molecule has 0 bridgehead atoms. The molecule has 0 radical (unpaired) electrons. The van der Waals surface area contributed by atoms with E-state index in [1.165, 1.54) is 7.11 Å². The second kappa shape index (κ2) is 7.74. The number of aromatic nitrogens is 2.